The molecule has 1 N–H and O–H groups in total. The largest absolute Gasteiger partial charge is 0.392 e. The van der Waals surface area contributed by atoms with Gasteiger partial charge in [0.05, 0.1) is 12.3 Å². The molecule has 0 aliphatic carbocycles. The van der Waals surface area contributed by atoms with Crippen LogP contribution in [0.25, 0.3) is 0 Å². The van der Waals surface area contributed by atoms with Crippen LogP contribution >= 0.6 is 0 Å². The van der Waals surface area contributed by atoms with Crippen LogP contribution in [0.3, 0.4) is 0 Å². The number of likely N-dealkylation sites (N-methyl/N-ethyl adjacent to an activating group) is 1. The lowest BCUT2D eigenvalue weighted by Gasteiger charge is -2.16. The van der Waals surface area contributed by atoms with Gasteiger partial charge in [0.15, 0.2) is 0 Å². The first-order valence-electron chi connectivity index (χ1n) is 4.42. The summed E-state index contributed by atoms with van der Waals surface area (Å²) in [5.74, 6) is 0. The highest BCUT2D eigenvalue weighted by atomic mass is 16.3. The van der Waals surface area contributed by atoms with Gasteiger partial charge in [-0.05, 0) is 14.0 Å². The number of rotatable bonds is 4. The molecular formula is C9H17N3O. The summed E-state index contributed by atoms with van der Waals surface area (Å²) >= 11 is 0. The third-order valence-electron chi connectivity index (χ3n) is 1.79. The summed E-state index contributed by atoms with van der Waals surface area (Å²) in [6.07, 6.45) is 3.55. The zero-order chi connectivity index (χ0) is 9.84. The van der Waals surface area contributed by atoms with E-state index in [0.29, 0.717) is 6.54 Å². The maximum Gasteiger partial charge on any atom is 0.0639 e. The predicted octanol–water partition coefficient (Wildman–Crippen LogP) is 0.233. The van der Waals surface area contributed by atoms with Crippen LogP contribution in [0.5, 0.6) is 0 Å². The molecular weight excluding hydrogens is 166 g/mol. The SMILES string of the molecule is C[C@H](O)CN(C)Cc1cnn(C)c1. The third-order valence-corrected chi connectivity index (χ3v) is 1.79. The molecule has 1 aromatic rings. The molecule has 0 bridgehead atoms. The van der Waals surface area contributed by atoms with Crippen molar-refractivity contribution >= 4 is 0 Å². The standard InChI is InChI=1S/C9H17N3O/c1-8(13)5-11(2)6-9-4-10-12(3)7-9/h4,7-8,13H,5-6H2,1-3H3/t8-/m0/s1. The fourth-order valence-electron chi connectivity index (χ4n) is 1.38. The van der Waals surface area contributed by atoms with Gasteiger partial charge in [-0.3, -0.25) is 9.58 Å². The summed E-state index contributed by atoms with van der Waals surface area (Å²) in [5.41, 5.74) is 1.17. The highest BCUT2D eigenvalue weighted by molar-refractivity contribution is 5.02. The Balaban J connectivity index is 2.40. The van der Waals surface area contributed by atoms with Crippen molar-refractivity contribution in [3.63, 3.8) is 0 Å². The van der Waals surface area contributed by atoms with Gasteiger partial charge in [-0.25, -0.2) is 0 Å². The average molecular weight is 183 g/mol. The maximum atomic E-state index is 9.14. The molecule has 4 nitrogen and oxygen atoms in total. The van der Waals surface area contributed by atoms with Crippen molar-refractivity contribution in [1.82, 2.24) is 14.7 Å². The van der Waals surface area contributed by atoms with Crippen molar-refractivity contribution in [3.8, 4) is 0 Å². The molecule has 1 atom stereocenters. The maximum absolute atomic E-state index is 9.14. The molecule has 1 aromatic heterocycles. The summed E-state index contributed by atoms with van der Waals surface area (Å²) in [6, 6.07) is 0. The van der Waals surface area contributed by atoms with E-state index >= 15 is 0 Å². The van der Waals surface area contributed by atoms with Gasteiger partial charge in [-0.15, -0.1) is 0 Å². The number of aryl methyl sites for hydroxylation is 1. The summed E-state index contributed by atoms with van der Waals surface area (Å²) < 4.78 is 1.78. The molecule has 0 unspecified atom stereocenters. The molecule has 1 rings (SSSR count). The van der Waals surface area contributed by atoms with Crippen LogP contribution in [-0.4, -0.2) is 39.5 Å². The molecule has 0 fully saturated rings. The molecule has 1 heterocycles. The van der Waals surface area contributed by atoms with E-state index in [9.17, 15) is 0 Å². The lowest BCUT2D eigenvalue weighted by atomic mass is 10.3. The van der Waals surface area contributed by atoms with E-state index in [2.05, 4.69) is 10.00 Å². The number of hydrogen-bond acceptors (Lipinski definition) is 3. The monoisotopic (exact) mass is 183 g/mol. The molecule has 4 heteroatoms. The van der Waals surface area contributed by atoms with E-state index in [1.165, 1.54) is 5.56 Å². The minimum atomic E-state index is -0.276. The van der Waals surface area contributed by atoms with E-state index in [1.54, 1.807) is 11.6 Å². The van der Waals surface area contributed by atoms with Crippen LogP contribution in [0.2, 0.25) is 0 Å². The van der Waals surface area contributed by atoms with Crippen molar-refractivity contribution in [1.29, 1.82) is 0 Å². The fraction of sp³-hybridized carbons (Fsp3) is 0.667. The lowest BCUT2D eigenvalue weighted by Crippen LogP contribution is -2.26. The molecule has 0 aliphatic heterocycles. The van der Waals surface area contributed by atoms with Crippen LogP contribution < -0.4 is 0 Å². The number of aromatic nitrogens is 2. The quantitative estimate of drug-likeness (QED) is 0.726. The minimum absolute atomic E-state index is 0.276. The molecule has 0 aliphatic rings. The molecule has 0 aromatic carbocycles. The topological polar surface area (TPSA) is 41.3 Å². The first-order valence-corrected chi connectivity index (χ1v) is 4.42. The van der Waals surface area contributed by atoms with Gasteiger partial charge in [0.1, 0.15) is 0 Å². The second-order valence-electron chi connectivity index (χ2n) is 3.57. The third kappa shape index (κ3) is 3.57. The van der Waals surface area contributed by atoms with E-state index in [1.807, 2.05) is 26.5 Å². The second kappa shape index (κ2) is 4.39. The molecule has 0 saturated heterocycles. The normalized spacial score (nSPS) is 13.6. The van der Waals surface area contributed by atoms with Crippen LogP contribution in [0.4, 0.5) is 0 Å². The number of hydrogen-bond donors (Lipinski definition) is 1. The van der Waals surface area contributed by atoms with Crippen LogP contribution in [-0.2, 0) is 13.6 Å². The van der Waals surface area contributed by atoms with Crippen molar-refractivity contribution in [2.24, 2.45) is 7.05 Å². The van der Waals surface area contributed by atoms with E-state index < -0.39 is 0 Å². The Morgan fingerprint density at radius 2 is 2.38 bits per heavy atom. The molecule has 0 radical (unpaired) electrons. The zero-order valence-corrected chi connectivity index (χ0v) is 8.44. The Kier molecular flexibility index (Phi) is 3.45. The summed E-state index contributed by atoms with van der Waals surface area (Å²) in [6.45, 7) is 3.31. The molecule has 74 valence electrons. The van der Waals surface area contributed by atoms with Gasteiger partial charge in [0.25, 0.3) is 0 Å². The minimum Gasteiger partial charge on any atom is -0.392 e. The van der Waals surface area contributed by atoms with Crippen LogP contribution in [0.1, 0.15) is 12.5 Å². The van der Waals surface area contributed by atoms with Crippen LogP contribution in [0, 0.1) is 0 Å². The predicted molar refractivity (Wildman–Crippen MR) is 51.2 cm³/mol. The van der Waals surface area contributed by atoms with Crippen molar-refractivity contribution < 1.29 is 5.11 Å². The van der Waals surface area contributed by atoms with Gasteiger partial charge in [-0.2, -0.15) is 5.10 Å². The van der Waals surface area contributed by atoms with E-state index in [4.69, 9.17) is 5.11 Å². The van der Waals surface area contributed by atoms with E-state index in [0.717, 1.165) is 6.54 Å². The van der Waals surface area contributed by atoms with Gasteiger partial charge in [0.2, 0.25) is 0 Å². The van der Waals surface area contributed by atoms with Gasteiger partial charge in [0, 0.05) is 31.9 Å². The summed E-state index contributed by atoms with van der Waals surface area (Å²) in [4.78, 5) is 2.07. The average Bonchev–Trinajstić information content (AvgIpc) is 2.33. The lowest BCUT2D eigenvalue weighted by molar-refractivity contribution is 0.138. The highest BCUT2D eigenvalue weighted by Gasteiger charge is 2.04. The number of aliphatic hydroxyl groups excluding tert-OH is 1. The Morgan fingerprint density at radius 1 is 1.69 bits per heavy atom. The van der Waals surface area contributed by atoms with Crippen molar-refractivity contribution in [3.05, 3.63) is 18.0 Å². The molecule has 0 spiro atoms. The van der Waals surface area contributed by atoms with Crippen molar-refractivity contribution in [2.75, 3.05) is 13.6 Å². The molecule has 0 saturated carbocycles. The van der Waals surface area contributed by atoms with Gasteiger partial charge in [-0.1, -0.05) is 0 Å². The van der Waals surface area contributed by atoms with Crippen LogP contribution in [0.15, 0.2) is 12.4 Å². The first-order chi connectivity index (χ1) is 6.08. The summed E-state index contributed by atoms with van der Waals surface area (Å²) in [7, 11) is 3.89. The first kappa shape index (κ1) is 10.2. The summed E-state index contributed by atoms with van der Waals surface area (Å²) in [5, 5.41) is 13.2. The molecule has 0 amide bonds. The Labute approximate surface area is 78.8 Å². The molecule has 13 heavy (non-hydrogen) atoms. The fourth-order valence-corrected chi connectivity index (χ4v) is 1.38. The van der Waals surface area contributed by atoms with Crippen molar-refractivity contribution in [2.45, 2.75) is 19.6 Å². The smallest absolute Gasteiger partial charge is 0.0639 e. The Bertz CT molecular complexity index is 257. The second-order valence-corrected chi connectivity index (χ2v) is 3.57. The Morgan fingerprint density at radius 3 is 2.85 bits per heavy atom. The highest BCUT2D eigenvalue weighted by Crippen LogP contribution is 2.01. The zero-order valence-electron chi connectivity index (χ0n) is 8.44. The number of aliphatic hydroxyl groups is 1. The number of nitrogens with zero attached hydrogens (tertiary/aromatic N) is 3. The van der Waals surface area contributed by atoms with Gasteiger partial charge < -0.3 is 5.11 Å². The van der Waals surface area contributed by atoms with Gasteiger partial charge >= 0.3 is 0 Å². The van der Waals surface area contributed by atoms with E-state index in [-0.39, 0.29) is 6.10 Å². The Hall–Kier alpha value is -0.870.